The summed E-state index contributed by atoms with van der Waals surface area (Å²) in [6.45, 7) is 0. The standard InChI is InChI=1S/C18H18N4O3S/c1-24-15-6-5-11(7-16(15)25-2)14-9-26-18(19-14)20-17(23)13-8-12(21-22-13)10-3-4-10/h5-10H,3-4H2,1-2H3,(H,21,22)(H,19,20,23). The number of aromatic nitrogens is 3. The van der Waals surface area contributed by atoms with Gasteiger partial charge in [0.15, 0.2) is 22.3 Å². The Labute approximate surface area is 154 Å². The van der Waals surface area contributed by atoms with Crippen molar-refractivity contribution in [2.24, 2.45) is 0 Å². The molecule has 3 aromatic rings. The number of hydrogen-bond donors (Lipinski definition) is 2. The summed E-state index contributed by atoms with van der Waals surface area (Å²) in [6.07, 6.45) is 2.31. The number of benzene rings is 1. The minimum absolute atomic E-state index is 0.263. The van der Waals surface area contributed by atoms with Crippen LogP contribution in [-0.2, 0) is 0 Å². The van der Waals surface area contributed by atoms with Gasteiger partial charge in [0.05, 0.1) is 19.9 Å². The lowest BCUT2D eigenvalue weighted by atomic mass is 10.1. The van der Waals surface area contributed by atoms with E-state index in [2.05, 4.69) is 20.5 Å². The van der Waals surface area contributed by atoms with Crippen LogP contribution in [0.5, 0.6) is 11.5 Å². The van der Waals surface area contributed by atoms with Gasteiger partial charge in [-0.05, 0) is 37.1 Å². The number of thiazole rings is 1. The van der Waals surface area contributed by atoms with Gasteiger partial charge in [0, 0.05) is 22.6 Å². The minimum atomic E-state index is -0.263. The first-order valence-corrected chi connectivity index (χ1v) is 9.10. The van der Waals surface area contributed by atoms with Crippen molar-refractivity contribution in [3.05, 3.63) is 41.0 Å². The van der Waals surface area contributed by atoms with Gasteiger partial charge in [-0.3, -0.25) is 15.2 Å². The van der Waals surface area contributed by atoms with E-state index in [4.69, 9.17) is 9.47 Å². The first-order valence-electron chi connectivity index (χ1n) is 8.22. The monoisotopic (exact) mass is 370 g/mol. The van der Waals surface area contributed by atoms with Crippen molar-refractivity contribution < 1.29 is 14.3 Å². The summed E-state index contributed by atoms with van der Waals surface area (Å²) in [4.78, 5) is 16.8. The highest BCUT2D eigenvalue weighted by Gasteiger charge is 2.26. The molecule has 2 heterocycles. The zero-order valence-electron chi connectivity index (χ0n) is 14.4. The predicted molar refractivity (Wildman–Crippen MR) is 99.2 cm³/mol. The van der Waals surface area contributed by atoms with Crippen molar-refractivity contribution in [3.8, 4) is 22.8 Å². The fraction of sp³-hybridized carbons (Fsp3) is 0.278. The molecule has 134 valence electrons. The quantitative estimate of drug-likeness (QED) is 0.691. The van der Waals surface area contributed by atoms with Gasteiger partial charge < -0.3 is 9.47 Å². The van der Waals surface area contributed by atoms with Crippen molar-refractivity contribution >= 4 is 22.4 Å². The molecule has 1 aliphatic carbocycles. The summed E-state index contributed by atoms with van der Waals surface area (Å²) in [5, 5.41) is 12.2. The van der Waals surface area contributed by atoms with Crippen molar-refractivity contribution in [1.29, 1.82) is 0 Å². The van der Waals surface area contributed by atoms with Crippen LogP contribution >= 0.6 is 11.3 Å². The van der Waals surface area contributed by atoms with E-state index >= 15 is 0 Å². The highest BCUT2D eigenvalue weighted by Crippen LogP contribution is 2.39. The van der Waals surface area contributed by atoms with Crippen LogP contribution in [0.3, 0.4) is 0 Å². The molecule has 1 fully saturated rings. The van der Waals surface area contributed by atoms with Gasteiger partial charge in [-0.2, -0.15) is 5.10 Å². The second kappa shape index (κ2) is 6.80. The number of carbonyl (C=O) groups excluding carboxylic acids is 1. The summed E-state index contributed by atoms with van der Waals surface area (Å²) in [6, 6.07) is 7.40. The van der Waals surface area contributed by atoms with Crippen LogP contribution in [0.2, 0.25) is 0 Å². The third kappa shape index (κ3) is 3.28. The summed E-state index contributed by atoms with van der Waals surface area (Å²) in [7, 11) is 3.19. The Morgan fingerprint density at radius 2 is 2.04 bits per heavy atom. The Kier molecular flexibility index (Phi) is 4.34. The van der Waals surface area contributed by atoms with E-state index in [0.29, 0.717) is 28.2 Å². The van der Waals surface area contributed by atoms with E-state index in [1.54, 1.807) is 14.2 Å². The molecule has 0 bridgehead atoms. The summed E-state index contributed by atoms with van der Waals surface area (Å²) < 4.78 is 10.6. The normalized spacial score (nSPS) is 13.5. The van der Waals surface area contributed by atoms with E-state index in [0.717, 1.165) is 29.8 Å². The fourth-order valence-electron chi connectivity index (χ4n) is 2.68. The van der Waals surface area contributed by atoms with Crippen molar-refractivity contribution in [1.82, 2.24) is 15.2 Å². The van der Waals surface area contributed by atoms with E-state index in [1.807, 2.05) is 29.6 Å². The first kappa shape index (κ1) is 16.6. The maximum absolute atomic E-state index is 12.3. The van der Waals surface area contributed by atoms with Gasteiger partial charge in [-0.25, -0.2) is 4.98 Å². The van der Waals surface area contributed by atoms with Crippen LogP contribution < -0.4 is 14.8 Å². The highest BCUT2D eigenvalue weighted by atomic mass is 32.1. The molecule has 7 nitrogen and oxygen atoms in total. The average molecular weight is 370 g/mol. The number of hydrogen-bond acceptors (Lipinski definition) is 6. The number of anilines is 1. The highest BCUT2D eigenvalue weighted by molar-refractivity contribution is 7.14. The second-order valence-electron chi connectivity index (χ2n) is 6.04. The molecule has 0 aliphatic heterocycles. The second-order valence-corrected chi connectivity index (χ2v) is 6.90. The molecule has 1 aliphatic rings. The Morgan fingerprint density at radius 3 is 2.77 bits per heavy atom. The zero-order valence-corrected chi connectivity index (χ0v) is 15.2. The molecule has 26 heavy (non-hydrogen) atoms. The number of amides is 1. The van der Waals surface area contributed by atoms with Gasteiger partial charge in [0.25, 0.3) is 5.91 Å². The Balaban J connectivity index is 1.49. The molecule has 1 saturated carbocycles. The first-order chi connectivity index (χ1) is 12.7. The number of ether oxygens (including phenoxy) is 2. The Hall–Kier alpha value is -2.87. The number of aromatic amines is 1. The lowest BCUT2D eigenvalue weighted by molar-refractivity contribution is 0.102. The lowest BCUT2D eigenvalue weighted by Crippen LogP contribution is -2.12. The maximum atomic E-state index is 12.3. The third-order valence-electron chi connectivity index (χ3n) is 4.25. The molecule has 1 amide bonds. The van der Waals surface area contributed by atoms with Gasteiger partial charge >= 0.3 is 0 Å². The van der Waals surface area contributed by atoms with Crippen LogP contribution in [0.4, 0.5) is 5.13 Å². The summed E-state index contributed by atoms with van der Waals surface area (Å²) in [5.74, 6) is 1.56. The van der Waals surface area contributed by atoms with Crippen LogP contribution in [0.15, 0.2) is 29.6 Å². The molecule has 0 atom stereocenters. The van der Waals surface area contributed by atoms with Gasteiger partial charge in [-0.1, -0.05) is 0 Å². The molecule has 0 saturated heterocycles. The van der Waals surface area contributed by atoms with Crippen molar-refractivity contribution in [2.75, 3.05) is 19.5 Å². The van der Waals surface area contributed by atoms with Gasteiger partial charge in [0.1, 0.15) is 0 Å². The predicted octanol–water partition coefficient (Wildman–Crippen LogP) is 3.68. The molecule has 2 aromatic heterocycles. The fourth-order valence-corrected chi connectivity index (χ4v) is 3.39. The molecule has 0 unspecified atom stereocenters. The average Bonchev–Trinajstić information content (AvgIpc) is 3.20. The van der Waals surface area contributed by atoms with Gasteiger partial charge in [-0.15, -0.1) is 11.3 Å². The largest absolute Gasteiger partial charge is 0.493 e. The topological polar surface area (TPSA) is 89.1 Å². The molecular weight excluding hydrogens is 352 g/mol. The van der Waals surface area contributed by atoms with Crippen LogP contribution in [0.25, 0.3) is 11.3 Å². The number of methoxy groups -OCH3 is 2. The lowest BCUT2D eigenvalue weighted by Gasteiger charge is -2.08. The Morgan fingerprint density at radius 1 is 1.23 bits per heavy atom. The maximum Gasteiger partial charge on any atom is 0.277 e. The zero-order chi connectivity index (χ0) is 18.1. The third-order valence-corrected chi connectivity index (χ3v) is 5.01. The Bertz CT molecular complexity index is 946. The molecule has 8 heteroatoms. The number of nitrogens with one attached hydrogen (secondary N) is 2. The SMILES string of the molecule is COc1ccc(-c2csc(NC(=O)c3cc(C4CC4)[nH]n3)n2)cc1OC. The number of rotatable bonds is 6. The van der Waals surface area contributed by atoms with E-state index in [1.165, 1.54) is 11.3 Å². The van der Waals surface area contributed by atoms with E-state index < -0.39 is 0 Å². The summed E-state index contributed by atoms with van der Waals surface area (Å²) in [5.41, 5.74) is 3.05. The number of nitrogens with zero attached hydrogens (tertiary/aromatic N) is 2. The number of carbonyl (C=O) groups is 1. The van der Waals surface area contributed by atoms with Crippen molar-refractivity contribution in [2.45, 2.75) is 18.8 Å². The molecule has 4 rings (SSSR count). The molecule has 1 aromatic carbocycles. The van der Waals surface area contributed by atoms with Crippen molar-refractivity contribution in [3.63, 3.8) is 0 Å². The van der Waals surface area contributed by atoms with Crippen LogP contribution in [0.1, 0.15) is 34.9 Å². The van der Waals surface area contributed by atoms with Gasteiger partial charge in [0.2, 0.25) is 0 Å². The molecule has 0 radical (unpaired) electrons. The van der Waals surface area contributed by atoms with E-state index in [9.17, 15) is 4.79 Å². The smallest absolute Gasteiger partial charge is 0.277 e. The molecular formula is C18H18N4O3S. The van der Waals surface area contributed by atoms with Crippen LogP contribution in [0, 0.1) is 0 Å². The van der Waals surface area contributed by atoms with Crippen LogP contribution in [-0.4, -0.2) is 35.3 Å². The molecule has 2 N–H and O–H groups in total. The van der Waals surface area contributed by atoms with E-state index in [-0.39, 0.29) is 5.91 Å². The minimum Gasteiger partial charge on any atom is -0.493 e. The number of H-pyrrole nitrogens is 1. The molecule has 0 spiro atoms. The summed E-state index contributed by atoms with van der Waals surface area (Å²) >= 11 is 1.36.